The predicted octanol–water partition coefficient (Wildman–Crippen LogP) is 0.163. The van der Waals surface area contributed by atoms with E-state index in [0.717, 1.165) is 38.8 Å². The summed E-state index contributed by atoms with van der Waals surface area (Å²) < 4.78 is 0. The van der Waals surface area contributed by atoms with E-state index in [-0.39, 0.29) is 11.8 Å². The van der Waals surface area contributed by atoms with Gasteiger partial charge in [-0.3, -0.25) is 14.5 Å². The first kappa shape index (κ1) is 10.6. The fraction of sp³-hybridized carbons (Fsp3) is 0.818. The maximum atomic E-state index is 11.6. The van der Waals surface area contributed by atoms with Crippen LogP contribution in [0.4, 0.5) is 0 Å². The Morgan fingerprint density at radius 3 is 2.13 bits per heavy atom. The summed E-state index contributed by atoms with van der Waals surface area (Å²) in [5, 5.41) is 0. The monoisotopic (exact) mass is 210 g/mol. The minimum atomic E-state index is -0.192. The highest BCUT2D eigenvalue weighted by atomic mass is 16.1. The standard InChI is InChI=1S/C11H18N2O2/c12-11(15)9-3-5-13(6-4-9)7-10(14)8-1-2-8/h8-9H,1-7H2,(H2,12,15). The van der Waals surface area contributed by atoms with Gasteiger partial charge in [0.1, 0.15) is 5.78 Å². The second-order valence-corrected chi connectivity index (χ2v) is 4.69. The summed E-state index contributed by atoms with van der Waals surface area (Å²) in [5.74, 6) is 0.562. The molecule has 2 N–H and O–H groups in total. The van der Waals surface area contributed by atoms with Gasteiger partial charge in [0.15, 0.2) is 0 Å². The van der Waals surface area contributed by atoms with Gasteiger partial charge in [-0.25, -0.2) is 0 Å². The highest BCUT2D eigenvalue weighted by Gasteiger charge is 2.31. The number of hydrogen-bond acceptors (Lipinski definition) is 3. The molecule has 0 unspecified atom stereocenters. The van der Waals surface area contributed by atoms with Crippen LogP contribution in [0.1, 0.15) is 25.7 Å². The van der Waals surface area contributed by atoms with E-state index in [1.54, 1.807) is 0 Å². The van der Waals surface area contributed by atoms with Gasteiger partial charge in [0.25, 0.3) is 0 Å². The van der Waals surface area contributed by atoms with Gasteiger partial charge < -0.3 is 5.73 Å². The first-order chi connectivity index (χ1) is 7.16. The van der Waals surface area contributed by atoms with Crippen LogP contribution < -0.4 is 5.73 Å². The lowest BCUT2D eigenvalue weighted by Gasteiger charge is -2.29. The van der Waals surface area contributed by atoms with Crippen LogP contribution in [0.5, 0.6) is 0 Å². The molecule has 0 aromatic rings. The fourth-order valence-corrected chi connectivity index (χ4v) is 2.13. The van der Waals surface area contributed by atoms with Crippen LogP contribution in [-0.4, -0.2) is 36.2 Å². The number of hydrogen-bond donors (Lipinski definition) is 1. The first-order valence-electron chi connectivity index (χ1n) is 5.71. The number of carbonyl (C=O) groups is 2. The molecule has 2 fully saturated rings. The number of nitrogens with zero attached hydrogens (tertiary/aromatic N) is 1. The Hall–Kier alpha value is -0.900. The molecule has 4 nitrogen and oxygen atoms in total. The molecule has 0 aromatic carbocycles. The first-order valence-corrected chi connectivity index (χ1v) is 5.71. The maximum absolute atomic E-state index is 11.6. The number of piperidine rings is 1. The average Bonchev–Trinajstić information content (AvgIpc) is 3.01. The Bertz CT molecular complexity index is 266. The average molecular weight is 210 g/mol. The number of primary amides is 1. The molecule has 0 spiro atoms. The van der Waals surface area contributed by atoms with Crippen molar-refractivity contribution < 1.29 is 9.59 Å². The molecule has 1 heterocycles. The second kappa shape index (κ2) is 4.31. The topological polar surface area (TPSA) is 63.4 Å². The van der Waals surface area contributed by atoms with Crippen LogP contribution in [0.3, 0.4) is 0 Å². The van der Waals surface area contributed by atoms with Crippen molar-refractivity contribution in [1.82, 2.24) is 4.90 Å². The summed E-state index contributed by atoms with van der Waals surface area (Å²) >= 11 is 0. The summed E-state index contributed by atoms with van der Waals surface area (Å²) in [6, 6.07) is 0. The summed E-state index contributed by atoms with van der Waals surface area (Å²) in [6.45, 7) is 2.26. The molecular formula is C11H18N2O2. The number of rotatable bonds is 4. The van der Waals surface area contributed by atoms with Crippen molar-refractivity contribution in [1.29, 1.82) is 0 Å². The third-order valence-electron chi connectivity index (χ3n) is 3.40. The molecule has 2 rings (SSSR count). The van der Waals surface area contributed by atoms with E-state index in [1.807, 2.05) is 0 Å². The molecule has 1 amide bonds. The molecule has 1 saturated heterocycles. The predicted molar refractivity (Wildman–Crippen MR) is 56.1 cm³/mol. The lowest BCUT2D eigenvalue weighted by molar-refractivity contribution is -0.124. The quantitative estimate of drug-likeness (QED) is 0.719. The molecular weight excluding hydrogens is 192 g/mol. The minimum Gasteiger partial charge on any atom is -0.369 e. The molecule has 1 aliphatic heterocycles. The van der Waals surface area contributed by atoms with Crippen LogP contribution in [-0.2, 0) is 9.59 Å². The molecule has 1 saturated carbocycles. The molecule has 0 radical (unpaired) electrons. The van der Waals surface area contributed by atoms with Gasteiger partial charge in [-0.1, -0.05) is 0 Å². The number of Topliss-reactive ketones (excluding diaryl/α,β-unsaturated/α-hetero) is 1. The van der Waals surface area contributed by atoms with E-state index in [2.05, 4.69) is 4.90 Å². The van der Waals surface area contributed by atoms with E-state index < -0.39 is 0 Å². The smallest absolute Gasteiger partial charge is 0.220 e. The molecule has 15 heavy (non-hydrogen) atoms. The van der Waals surface area contributed by atoms with Crippen molar-refractivity contribution in [3.8, 4) is 0 Å². The largest absolute Gasteiger partial charge is 0.369 e. The Kier molecular flexibility index (Phi) is 3.05. The van der Waals surface area contributed by atoms with Crippen LogP contribution in [0.25, 0.3) is 0 Å². The Labute approximate surface area is 89.8 Å². The van der Waals surface area contributed by atoms with E-state index >= 15 is 0 Å². The van der Waals surface area contributed by atoms with Crippen LogP contribution in [0.15, 0.2) is 0 Å². The lowest BCUT2D eigenvalue weighted by atomic mass is 9.96. The zero-order valence-electron chi connectivity index (χ0n) is 8.95. The van der Waals surface area contributed by atoms with Crippen molar-refractivity contribution >= 4 is 11.7 Å². The van der Waals surface area contributed by atoms with Gasteiger partial charge in [0, 0.05) is 11.8 Å². The van der Waals surface area contributed by atoms with E-state index in [9.17, 15) is 9.59 Å². The third-order valence-corrected chi connectivity index (χ3v) is 3.40. The molecule has 84 valence electrons. The number of carbonyl (C=O) groups excluding carboxylic acids is 2. The Morgan fingerprint density at radius 2 is 1.67 bits per heavy atom. The lowest BCUT2D eigenvalue weighted by Crippen LogP contribution is -2.41. The third kappa shape index (κ3) is 2.78. The molecule has 2 aliphatic rings. The van der Waals surface area contributed by atoms with Gasteiger partial charge in [0.05, 0.1) is 6.54 Å². The van der Waals surface area contributed by atoms with Crippen molar-refractivity contribution in [2.45, 2.75) is 25.7 Å². The Balaban J connectivity index is 1.73. The summed E-state index contributed by atoms with van der Waals surface area (Å²) in [4.78, 5) is 24.6. The van der Waals surface area contributed by atoms with Gasteiger partial charge >= 0.3 is 0 Å². The Morgan fingerprint density at radius 1 is 1.07 bits per heavy atom. The van der Waals surface area contributed by atoms with Crippen molar-refractivity contribution in [3.05, 3.63) is 0 Å². The summed E-state index contributed by atoms with van der Waals surface area (Å²) in [5.41, 5.74) is 5.25. The minimum absolute atomic E-state index is 0.0253. The van der Waals surface area contributed by atoms with Crippen LogP contribution in [0, 0.1) is 11.8 Å². The molecule has 0 atom stereocenters. The number of likely N-dealkylation sites (tertiary alicyclic amines) is 1. The number of ketones is 1. The fourth-order valence-electron chi connectivity index (χ4n) is 2.13. The normalized spacial score (nSPS) is 24.0. The zero-order valence-corrected chi connectivity index (χ0v) is 8.95. The molecule has 0 bridgehead atoms. The van der Waals surface area contributed by atoms with Crippen LogP contribution in [0.2, 0.25) is 0 Å². The molecule has 0 aromatic heterocycles. The van der Waals surface area contributed by atoms with Crippen molar-refractivity contribution in [3.63, 3.8) is 0 Å². The SMILES string of the molecule is NC(=O)C1CCN(CC(=O)C2CC2)CC1. The van der Waals surface area contributed by atoms with Gasteiger partial charge in [0.2, 0.25) is 5.91 Å². The number of amides is 1. The van der Waals surface area contributed by atoms with Crippen molar-refractivity contribution in [2.75, 3.05) is 19.6 Å². The highest BCUT2D eigenvalue weighted by molar-refractivity contribution is 5.85. The zero-order chi connectivity index (χ0) is 10.8. The van der Waals surface area contributed by atoms with E-state index in [0.29, 0.717) is 18.2 Å². The van der Waals surface area contributed by atoms with Gasteiger partial charge in [-0.05, 0) is 38.8 Å². The summed E-state index contributed by atoms with van der Waals surface area (Å²) in [7, 11) is 0. The van der Waals surface area contributed by atoms with Crippen molar-refractivity contribution in [2.24, 2.45) is 17.6 Å². The van der Waals surface area contributed by atoms with Crippen LogP contribution >= 0.6 is 0 Å². The highest BCUT2D eigenvalue weighted by Crippen LogP contribution is 2.30. The van der Waals surface area contributed by atoms with E-state index in [1.165, 1.54) is 0 Å². The van der Waals surface area contributed by atoms with Gasteiger partial charge in [-0.2, -0.15) is 0 Å². The maximum Gasteiger partial charge on any atom is 0.220 e. The van der Waals surface area contributed by atoms with Gasteiger partial charge in [-0.15, -0.1) is 0 Å². The molecule has 1 aliphatic carbocycles. The number of nitrogens with two attached hydrogens (primary N) is 1. The second-order valence-electron chi connectivity index (χ2n) is 4.69. The van der Waals surface area contributed by atoms with E-state index in [4.69, 9.17) is 5.73 Å². The summed E-state index contributed by atoms with van der Waals surface area (Å²) in [6.07, 6.45) is 3.79. The molecule has 4 heteroatoms.